The van der Waals surface area contributed by atoms with E-state index in [1.165, 1.54) is 74.6 Å². The molecule has 0 unspecified atom stereocenters. The van der Waals surface area contributed by atoms with Crippen LogP contribution in [-0.2, 0) is 33.3 Å². The third kappa shape index (κ3) is 17.6. The molecule has 71 heavy (non-hydrogen) atoms. The van der Waals surface area contributed by atoms with Crippen molar-refractivity contribution in [3.8, 4) is 0 Å². The number of esters is 4. The third-order valence-electron chi connectivity index (χ3n) is 10.5. The first-order valence-electron chi connectivity index (χ1n) is 23.0. The van der Waals surface area contributed by atoms with Crippen molar-refractivity contribution in [3.63, 3.8) is 0 Å². The minimum absolute atomic E-state index is 0.101. The van der Waals surface area contributed by atoms with E-state index in [0.717, 1.165) is 28.5 Å². The first-order valence-corrected chi connectivity index (χ1v) is 23.0. The highest BCUT2D eigenvalue weighted by Crippen LogP contribution is 2.44. The Morgan fingerprint density at radius 3 is 1.45 bits per heavy atom. The number of ether oxygens (including phenoxy) is 4. The van der Waals surface area contributed by atoms with Crippen LogP contribution in [0, 0.1) is 0 Å². The van der Waals surface area contributed by atoms with Gasteiger partial charge in [-0.25, -0.2) is 14.4 Å². The number of H-pyrrole nitrogens is 1. The standard InChI is InChI=1S/2C12H13N3O3.C12H13NO3.C8H8O2.C4H7N3O2/c2*1-2-17-12(16)11(14-15-13)6-10-5-9(7-18-10)8-3-4-8;1-2-15-12(14)9-5-10-11(13-9)8(6-16-10)7-3-4-7;9-4-8-3-7(5-10-8)6-1-2-6;1-2-9-4(8)3-6-7-5/h2*5-8H,2-4H2,1H3;5-7,13H,2-4H2,1H3;3-6H,1-2H2;2-3H2,1H3/b2*11-6-;;;. The van der Waals surface area contributed by atoms with Crippen LogP contribution in [0.25, 0.3) is 54.6 Å². The second kappa shape index (κ2) is 27.6. The number of hydrogen-bond acceptors (Lipinski definition) is 16. The van der Waals surface area contributed by atoms with Crippen LogP contribution in [0.3, 0.4) is 0 Å². The van der Waals surface area contributed by atoms with E-state index in [-0.39, 0.29) is 37.1 Å². The molecule has 23 nitrogen and oxygen atoms in total. The predicted octanol–water partition coefficient (Wildman–Crippen LogP) is 12.4. The number of aromatic amines is 1. The highest BCUT2D eigenvalue weighted by Gasteiger charge is 2.29. The first kappa shape index (κ1) is 53.6. The molecule has 4 aliphatic carbocycles. The third-order valence-corrected chi connectivity index (χ3v) is 10.5. The van der Waals surface area contributed by atoms with E-state index >= 15 is 0 Å². The SMILES string of the molecule is CCOC(=O)/C(=C/c1cc(C2CC2)co1)N=[N+]=[N-].CCOC(=O)/C(=C/c1cc(C2CC2)co1)N=[N+]=[N-].CCOC(=O)CN=[N+]=[N-].CCOC(=O)c1cc2occ(C3CC3)c2[nH]1.O=Cc1cc(C2CC2)co1. The second-order valence-electron chi connectivity index (χ2n) is 16.0. The van der Waals surface area contributed by atoms with Gasteiger partial charge in [0.1, 0.15) is 35.2 Å². The van der Waals surface area contributed by atoms with Crippen LogP contribution < -0.4 is 0 Å². The quantitative estimate of drug-likeness (QED) is 0.0162. The summed E-state index contributed by atoms with van der Waals surface area (Å²) < 4.78 is 39.9. The van der Waals surface area contributed by atoms with Gasteiger partial charge in [0.2, 0.25) is 0 Å². The Kier molecular flexibility index (Phi) is 20.8. The molecule has 0 bridgehead atoms. The molecule has 4 fully saturated rings. The molecule has 0 amide bonds. The van der Waals surface area contributed by atoms with Crippen molar-refractivity contribution in [2.24, 2.45) is 15.3 Å². The maximum Gasteiger partial charge on any atom is 0.354 e. The lowest BCUT2D eigenvalue weighted by Crippen LogP contribution is -2.06. The van der Waals surface area contributed by atoms with E-state index in [4.69, 9.17) is 48.5 Å². The maximum absolute atomic E-state index is 11.5. The van der Waals surface area contributed by atoms with Crippen LogP contribution in [0.15, 0.2) is 93.7 Å². The number of aromatic nitrogens is 1. The van der Waals surface area contributed by atoms with Crippen molar-refractivity contribution in [2.75, 3.05) is 33.0 Å². The lowest BCUT2D eigenvalue weighted by atomic mass is 10.2. The average molecular weight is 979 g/mol. The Morgan fingerprint density at radius 2 is 1.06 bits per heavy atom. The van der Waals surface area contributed by atoms with Gasteiger partial charge in [0.15, 0.2) is 17.6 Å². The van der Waals surface area contributed by atoms with Gasteiger partial charge in [0, 0.05) is 26.4 Å². The Balaban J connectivity index is 0.000000169. The topological polar surface area (TPSA) is 337 Å². The summed E-state index contributed by atoms with van der Waals surface area (Å²) in [5.74, 6) is 1.74. The molecule has 23 heteroatoms. The molecule has 374 valence electrons. The van der Waals surface area contributed by atoms with Gasteiger partial charge < -0.3 is 41.6 Å². The van der Waals surface area contributed by atoms with Gasteiger partial charge in [-0.15, -0.1) is 0 Å². The molecule has 1 N–H and O–H groups in total. The highest BCUT2D eigenvalue weighted by molar-refractivity contribution is 5.95. The van der Waals surface area contributed by atoms with E-state index in [0.29, 0.717) is 59.9 Å². The van der Waals surface area contributed by atoms with Gasteiger partial charge in [-0.2, -0.15) is 0 Å². The van der Waals surface area contributed by atoms with Crippen molar-refractivity contribution in [1.29, 1.82) is 0 Å². The molecule has 0 atom stereocenters. The fourth-order valence-corrected chi connectivity index (χ4v) is 6.48. The fourth-order valence-electron chi connectivity index (χ4n) is 6.48. The molecule has 9 rings (SSSR count). The van der Waals surface area contributed by atoms with Gasteiger partial charge in [-0.05, 0) is 166 Å². The highest BCUT2D eigenvalue weighted by atomic mass is 16.5. The summed E-state index contributed by atoms with van der Waals surface area (Å²) in [4.78, 5) is 65.7. The Labute approximate surface area is 406 Å². The lowest BCUT2D eigenvalue weighted by Gasteiger charge is -1.99. The van der Waals surface area contributed by atoms with Crippen LogP contribution in [0.2, 0.25) is 0 Å². The molecule has 0 saturated heterocycles. The molecule has 0 spiro atoms. The molecule has 0 aliphatic heterocycles. The van der Waals surface area contributed by atoms with E-state index in [2.05, 4.69) is 39.8 Å². The molecule has 4 saturated carbocycles. The summed E-state index contributed by atoms with van der Waals surface area (Å²) in [6.07, 6.45) is 19.9. The summed E-state index contributed by atoms with van der Waals surface area (Å²) in [6, 6.07) is 7.23. The number of nitrogens with one attached hydrogen (secondary N) is 1. The fraction of sp³-hybridized carbons (Fsp3) is 0.438. The van der Waals surface area contributed by atoms with Crippen LogP contribution in [0.4, 0.5) is 0 Å². The number of azide groups is 3. The van der Waals surface area contributed by atoms with Crippen molar-refractivity contribution >= 4 is 53.4 Å². The first-order chi connectivity index (χ1) is 34.5. The number of carbonyl (C=O) groups excluding carboxylic acids is 5. The zero-order chi connectivity index (χ0) is 51.1. The molecule has 4 aliphatic rings. The van der Waals surface area contributed by atoms with Gasteiger partial charge in [-0.3, -0.25) is 9.59 Å². The summed E-state index contributed by atoms with van der Waals surface area (Å²) in [7, 11) is 0. The number of aldehydes is 1. The summed E-state index contributed by atoms with van der Waals surface area (Å²) in [5, 5.41) is 9.63. The smallest absolute Gasteiger partial charge is 0.354 e. The normalized spacial score (nSPS) is 14.5. The van der Waals surface area contributed by atoms with E-state index < -0.39 is 17.9 Å². The molecule has 0 aromatic carbocycles. The molecular formula is C48H54N10O13. The minimum Gasteiger partial charge on any atom is -0.466 e. The van der Waals surface area contributed by atoms with Crippen LogP contribution in [0.5, 0.6) is 0 Å². The van der Waals surface area contributed by atoms with Crippen LogP contribution >= 0.6 is 0 Å². The Bertz CT molecular complexity index is 2710. The molecule has 5 heterocycles. The van der Waals surface area contributed by atoms with Crippen molar-refractivity contribution in [3.05, 3.63) is 137 Å². The van der Waals surface area contributed by atoms with E-state index in [1.807, 2.05) is 18.2 Å². The number of hydrogen-bond donors (Lipinski definition) is 1. The number of furan rings is 4. The second-order valence-corrected chi connectivity index (χ2v) is 16.0. The van der Waals surface area contributed by atoms with E-state index in [9.17, 15) is 24.0 Å². The number of nitrogens with zero attached hydrogens (tertiary/aromatic N) is 9. The Hall–Kier alpha value is -8.38. The number of rotatable bonds is 18. The van der Waals surface area contributed by atoms with Crippen LogP contribution in [-0.4, -0.2) is 68.1 Å². The number of fused-ring (bicyclic) bond motifs is 1. The average Bonchev–Trinajstić information content (AvgIpc) is 4.30. The van der Waals surface area contributed by atoms with Crippen LogP contribution in [0.1, 0.15) is 158 Å². The van der Waals surface area contributed by atoms with Crippen molar-refractivity contribution < 1.29 is 60.6 Å². The summed E-state index contributed by atoms with van der Waals surface area (Å²) in [5.41, 5.74) is 31.1. The summed E-state index contributed by atoms with van der Waals surface area (Å²) >= 11 is 0. The minimum atomic E-state index is -0.653. The zero-order valence-electron chi connectivity index (χ0n) is 39.7. The maximum atomic E-state index is 11.5. The zero-order valence-corrected chi connectivity index (χ0v) is 39.7. The Morgan fingerprint density at radius 1 is 0.606 bits per heavy atom. The molecule has 0 radical (unpaired) electrons. The lowest BCUT2D eigenvalue weighted by molar-refractivity contribution is -0.141. The van der Waals surface area contributed by atoms with Crippen molar-refractivity contribution in [2.45, 2.75) is 103 Å². The monoisotopic (exact) mass is 978 g/mol. The van der Waals surface area contributed by atoms with E-state index in [1.54, 1.807) is 58.8 Å². The number of carbonyl (C=O) groups is 5. The van der Waals surface area contributed by atoms with Gasteiger partial charge in [-0.1, -0.05) is 15.3 Å². The largest absolute Gasteiger partial charge is 0.466 e. The summed E-state index contributed by atoms with van der Waals surface area (Å²) in [6.45, 7) is 7.78. The molecule has 5 aromatic rings. The van der Waals surface area contributed by atoms with Gasteiger partial charge >= 0.3 is 23.9 Å². The van der Waals surface area contributed by atoms with Gasteiger partial charge in [0.05, 0.1) is 57.0 Å². The molecule has 5 aromatic heterocycles. The van der Waals surface area contributed by atoms with Crippen molar-refractivity contribution in [1.82, 2.24) is 4.98 Å². The molecular weight excluding hydrogens is 925 g/mol. The van der Waals surface area contributed by atoms with Gasteiger partial charge in [0.25, 0.3) is 0 Å². The predicted molar refractivity (Wildman–Crippen MR) is 254 cm³/mol.